The third-order valence-electron chi connectivity index (χ3n) is 33.6. The first-order chi connectivity index (χ1) is 68.9. The molecule has 20 aromatic rings. The highest BCUT2D eigenvalue weighted by Gasteiger charge is 2.56. The molecule has 0 atom stereocenters. The minimum Gasteiger partial charge on any atom is -0.0619 e. The van der Waals surface area contributed by atoms with Crippen LogP contribution in [-0.2, 0) is 37.9 Å². The molecule has 0 nitrogen and oxygen atoms in total. The summed E-state index contributed by atoms with van der Waals surface area (Å²) < 4.78 is 0. The van der Waals surface area contributed by atoms with Crippen molar-refractivity contribution in [2.45, 2.75) is 142 Å². The van der Waals surface area contributed by atoms with Crippen molar-refractivity contribution in [3.05, 3.63) is 593 Å². The van der Waals surface area contributed by atoms with E-state index in [0.717, 1.165) is 0 Å². The fourth-order valence-electron chi connectivity index (χ4n) is 27.5. The largest absolute Gasteiger partial charge is 0.0728 e. The summed E-state index contributed by atoms with van der Waals surface area (Å²) in [4.78, 5) is 0. The quantitative estimate of drug-likeness (QED) is 0.142. The third-order valence-corrected chi connectivity index (χ3v) is 33.6. The molecule has 10 aliphatic carbocycles. The molecule has 30 rings (SSSR count). The molecule has 0 saturated heterocycles. The summed E-state index contributed by atoms with van der Waals surface area (Å²) in [5.41, 5.74) is 66.1. The predicted octanol–water partition coefficient (Wildman–Crippen LogP) is 36.2. The maximum atomic E-state index is 2.40. The molecular formula is C142H118. The smallest absolute Gasteiger partial charge is 0.0619 e. The van der Waals surface area contributed by atoms with Gasteiger partial charge in [0.15, 0.2) is 0 Å². The molecule has 686 valence electrons. The summed E-state index contributed by atoms with van der Waals surface area (Å²) in [5, 5.41) is 0. The van der Waals surface area contributed by atoms with Crippen molar-refractivity contribution >= 4 is 0 Å². The van der Waals surface area contributed by atoms with Gasteiger partial charge in [-0.25, -0.2) is 0 Å². The Morgan fingerprint density at radius 1 is 0.120 bits per heavy atom. The monoisotopic (exact) mass is 1820 g/mol. The van der Waals surface area contributed by atoms with E-state index >= 15 is 0 Å². The van der Waals surface area contributed by atoms with Crippen molar-refractivity contribution in [1.29, 1.82) is 0 Å². The zero-order chi connectivity index (χ0) is 97.3. The minimum atomic E-state index is -0.190. The van der Waals surface area contributed by atoms with E-state index in [9.17, 15) is 0 Å². The summed E-state index contributed by atoms with van der Waals surface area (Å²) >= 11 is 0. The van der Waals surface area contributed by atoms with Crippen LogP contribution in [0.25, 0.3) is 111 Å². The maximum absolute atomic E-state index is 2.40. The number of hydrogen-bond acceptors (Lipinski definition) is 0. The fourth-order valence-corrected chi connectivity index (χ4v) is 27.5. The second-order valence-electron chi connectivity index (χ2n) is 43.0. The molecule has 0 fully saturated rings. The lowest BCUT2D eigenvalue weighted by molar-refractivity contribution is 0.655. The van der Waals surface area contributed by atoms with Crippen LogP contribution in [0.5, 0.6) is 0 Å². The van der Waals surface area contributed by atoms with Crippen LogP contribution in [0.3, 0.4) is 0 Å². The van der Waals surface area contributed by atoms with Crippen molar-refractivity contribution in [2.24, 2.45) is 0 Å². The van der Waals surface area contributed by atoms with E-state index in [1.165, 1.54) is 261 Å². The number of fused-ring (bicyclic) bond motifs is 42. The Balaban J connectivity index is 0.0000000906. The van der Waals surface area contributed by atoms with Gasteiger partial charge in [0.1, 0.15) is 0 Å². The van der Waals surface area contributed by atoms with Crippen LogP contribution in [0.2, 0.25) is 0 Å². The zero-order valence-corrected chi connectivity index (χ0v) is 84.1. The molecule has 0 bridgehead atoms. The van der Waals surface area contributed by atoms with Crippen LogP contribution in [-0.4, -0.2) is 0 Å². The molecule has 0 unspecified atom stereocenters. The lowest BCUT2D eigenvalue weighted by Gasteiger charge is -2.31. The first-order valence-electron chi connectivity index (χ1n) is 50.9. The standard InChI is InChI=1S/3C26H18.4C16H16/c1-17-9-8-13-21-20-12-4-7-16-24(20)26(25(17)21)22-14-5-2-10-18(22)19-11-3-6-15-23(19)26;1-17-14-15-25-21(16-17)20-10-4-7-13-24(20)26(25)22-11-5-2-8-18(22)19-9-3-6-12-23(19)26;1-17-14-15-21-20-10-4-7-13-24(20)26(25(21)16-17)22-11-5-2-8-18(22)19-9-3-6-12-23(19)26;1-11-7-6-9-13-12-8-4-5-10-14(12)16(2,3)15(11)13;1-11-7-6-10-14-15(11)12-8-4-5-9-13(12)16(14,2)3;1-11-8-9-15-13(10-11)12-6-4-5-7-14(12)16(15,2)3;1-11-8-9-13-12-6-4-5-7-14(12)16(2,3)15(13)10-11/h3*2-16H,1H3;4*4-10H,1-3H3. The van der Waals surface area contributed by atoms with Crippen molar-refractivity contribution in [1.82, 2.24) is 0 Å². The number of aryl methyl sites for hydroxylation is 7. The third kappa shape index (κ3) is 13.0. The Bertz CT molecular complexity index is 8370. The molecule has 10 aliphatic rings. The van der Waals surface area contributed by atoms with Gasteiger partial charge in [0, 0.05) is 21.7 Å². The van der Waals surface area contributed by atoms with E-state index in [2.05, 4.69) is 547 Å². The van der Waals surface area contributed by atoms with E-state index < -0.39 is 0 Å². The molecular weight excluding hydrogens is 1710 g/mol. The summed E-state index contributed by atoms with van der Waals surface area (Å²) in [7, 11) is 0. The van der Waals surface area contributed by atoms with Gasteiger partial charge in [-0.05, 0) is 288 Å². The molecule has 20 aromatic carbocycles. The fraction of sp³-hybridized carbons (Fsp3) is 0.155. The first kappa shape index (κ1) is 89.1. The van der Waals surface area contributed by atoms with Crippen molar-refractivity contribution < 1.29 is 0 Å². The van der Waals surface area contributed by atoms with Crippen molar-refractivity contribution in [3.63, 3.8) is 0 Å². The van der Waals surface area contributed by atoms with E-state index in [1.807, 2.05) is 0 Å². The second kappa shape index (κ2) is 33.6. The van der Waals surface area contributed by atoms with E-state index in [0.29, 0.717) is 0 Å². The Morgan fingerprint density at radius 3 is 0.732 bits per heavy atom. The van der Waals surface area contributed by atoms with Gasteiger partial charge >= 0.3 is 0 Å². The minimum absolute atomic E-state index is 0.150. The topological polar surface area (TPSA) is 0 Å². The van der Waals surface area contributed by atoms with Gasteiger partial charge in [-0.3, -0.25) is 0 Å². The van der Waals surface area contributed by atoms with Crippen LogP contribution >= 0.6 is 0 Å². The molecule has 0 aromatic heterocycles. The molecule has 0 heterocycles. The van der Waals surface area contributed by atoms with Gasteiger partial charge in [0.25, 0.3) is 0 Å². The van der Waals surface area contributed by atoms with Gasteiger partial charge in [0.2, 0.25) is 0 Å². The zero-order valence-electron chi connectivity index (χ0n) is 84.1. The normalized spacial score (nSPS) is 15.1. The average molecular weight is 1820 g/mol. The Hall–Kier alpha value is -15.6. The lowest BCUT2D eigenvalue weighted by atomic mass is 9.69. The van der Waals surface area contributed by atoms with Gasteiger partial charge in [-0.2, -0.15) is 0 Å². The van der Waals surface area contributed by atoms with Crippen LogP contribution in [0.15, 0.2) is 443 Å². The SMILES string of the molecule is Cc1ccc2c(c1)-c1ccccc1C2(C)C.Cc1ccc2c(c1)-c1ccccc1C21c2ccccc2-c2ccccc21.Cc1ccc2c(c1)C(C)(C)c1ccccc1-2.Cc1ccc2c(c1)C1(c3ccccc3-c3ccccc31)c1ccccc1-2.Cc1cccc2c1-c1ccccc1C2(C)C.Cc1cccc2c1C(C)(C)c1ccccc1-2.Cc1cccc2c1C1(c3ccccc3-c3ccccc31)c1ccccc1-2. The molecule has 3 spiro atoms. The number of benzene rings is 20. The lowest BCUT2D eigenvalue weighted by Crippen LogP contribution is -2.26. The highest BCUT2D eigenvalue weighted by Crippen LogP contribution is 2.68. The Morgan fingerprint density at radius 2 is 0.324 bits per heavy atom. The molecule has 142 heavy (non-hydrogen) atoms. The predicted molar refractivity (Wildman–Crippen MR) is 597 cm³/mol. The van der Waals surface area contributed by atoms with Crippen LogP contribution in [0.4, 0.5) is 0 Å². The summed E-state index contributed by atoms with van der Waals surface area (Å²) in [6.45, 7) is 33.9. The van der Waals surface area contributed by atoms with Gasteiger partial charge < -0.3 is 0 Å². The Labute approximate surface area is 840 Å². The van der Waals surface area contributed by atoms with Gasteiger partial charge in [-0.1, -0.05) is 520 Å². The number of rotatable bonds is 0. The maximum Gasteiger partial charge on any atom is 0.0728 e. The molecule has 0 saturated carbocycles. The molecule has 0 aliphatic heterocycles. The Kier molecular flexibility index (Phi) is 21.1. The average Bonchev–Trinajstić information content (AvgIpc) is 1.52. The van der Waals surface area contributed by atoms with Crippen LogP contribution < -0.4 is 0 Å². The van der Waals surface area contributed by atoms with Crippen LogP contribution in [0.1, 0.15) is 206 Å². The molecule has 0 radical (unpaired) electrons. The summed E-state index contributed by atoms with van der Waals surface area (Å²) in [6, 6.07) is 163. The van der Waals surface area contributed by atoms with Crippen molar-refractivity contribution in [3.8, 4) is 111 Å². The van der Waals surface area contributed by atoms with Gasteiger partial charge in [0.05, 0.1) is 16.2 Å². The molecule has 0 amide bonds. The van der Waals surface area contributed by atoms with E-state index in [-0.39, 0.29) is 37.9 Å². The van der Waals surface area contributed by atoms with Gasteiger partial charge in [-0.15, -0.1) is 0 Å². The van der Waals surface area contributed by atoms with E-state index in [1.54, 1.807) is 0 Å². The van der Waals surface area contributed by atoms with Crippen molar-refractivity contribution in [2.75, 3.05) is 0 Å². The second-order valence-corrected chi connectivity index (χ2v) is 43.0. The summed E-state index contributed by atoms with van der Waals surface area (Å²) in [6.07, 6.45) is 0. The highest BCUT2D eigenvalue weighted by molar-refractivity contribution is 6.00. The number of hydrogen-bond donors (Lipinski definition) is 0. The molecule has 0 heteroatoms. The van der Waals surface area contributed by atoms with E-state index in [4.69, 9.17) is 0 Å². The first-order valence-corrected chi connectivity index (χ1v) is 50.9. The molecule has 0 N–H and O–H groups in total. The van der Waals surface area contributed by atoms with Crippen LogP contribution in [0, 0.1) is 48.5 Å². The summed E-state index contributed by atoms with van der Waals surface area (Å²) in [5.74, 6) is 0. The highest BCUT2D eigenvalue weighted by atomic mass is 14.6.